The summed E-state index contributed by atoms with van der Waals surface area (Å²) in [7, 11) is 0. The van der Waals surface area contributed by atoms with E-state index >= 15 is 0 Å². The summed E-state index contributed by atoms with van der Waals surface area (Å²) in [6.07, 6.45) is 16.5. The van der Waals surface area contributed by atoms with Crippen LogP contribution in [-0.4, -0.2) is 30.7 Å². The van der Waals surface area contributed by atoms with Gasteiger partial charge in [-0.2, -0.15) is 0 Å². The summed E-state index contributed by atoms with van der Waals surface area (Å²) in [4.78, 5) is 0. The lowest BCUT2D eigenvalue weighted by Crippen LogP contribution is -2.51. The van der Waals surface area contributed by atoms with Crippen LogP contribution in [0.25, 0.3) is 5.57 Å². The first-order valence-electron chi connectivity index (χ1n) is 13.1. The van der Waals surface area contributed by atoms with Crippen molar-refractivity contribution in [2.24, 2.45) is 5.92 Å². The predicted molar refractivity (Wildman–Crippen MR) is 137 cm³/mol. The van der Waals surface area contributed by atoms with Crippen molar-refractivity contribution in [3.63, 3.8) is 0 Å². The quantitative estimate of drug-likeness (QED) is 0.156. The highest BCUT2D eigenvalue weighted by atomic mass is 15.3. The SMILES string of the molecule is C=C(C[N+](CCCCCCC)(CCCCCCCC)CCC(C)C)c1ccccc1. The molecule has 1 heteroatoms. The van der Waals surface area contributed by atoms with E-state index in [4.69, 9.17) is 0 Å². The lowest BCUT2D eigenvalue weighted by molar-refractivity contribution is -0.922. The van der Waals surface area contributed by atoms with Crippen LogP contribution in [0.2, 0.25) is 0 Å². The van der Waals surface area contributed by atoms with Crippen LogP contribution in [0.4, 0.5) is 0 Å². The second-order valence-electron chi connectivity index (χ2n) is 10.0. The Kier molecular flexibility index (Phi) is 14.9. The molecule has 0 aromatic heterocycles. The first-order valence-corrected chi connectivity index (χ1v) is 13.1. The van der Waals surface area contributed by atoms with E-state index in [1.807, 2.05) is 0 Å². The molecular formula is C29H52N+. The van der Waals surface area contributed by atoms with Crippen molar-refractivity contribution in [1.82, 2.24) is 0 Å². The van der Waals surface area contributed by atoms with E-state index < -0.39 is 0 Å². The number of nitrogens with zero attached hydrogens (tertiary/aromatic N) is 1. The molecule has 0 aliphatic heterocycles. The maximum atomic E-state index is 4.55. The number of unbranched alkanes of at least 4 members (excludes halogenated alkanes) is 9. The summed E-state index contributed by atoms with van der Waals surface area (Å²) < 4.78 is 1.26. The van der Waals surface area contributed by atoms with Gasteiger partial charge in [-0.1, -0.05) is 110 Å². The van der Waals surface area contributed by atoms with Crippen molar-refractivity contribution >= 4 is 5.57 Å². The molecule has 30 heavy (non-hydrogen) atoms. The largest absolute Gasteiger partial charge is 0.320 e. The van der Waals surface area contributed by atoms with Gasteiger partial charge >= 0.3 is 0 Å². The van der Waals surface area contributed by atoms with Crippen molar-refractivity contribution in [2.45, 2.75) is 105 Å². The Balaban J connectivity index is 2.82. The second kappa shape index (κ2) is 16.6. The number of quaternary nitrogens is 1. The Morgan fingerprint density at radius 2 is 1.23 bits per heavy atom. The summed E-state index contributed by atoms with van der Waals surface area (Å²) in [5.74, 6) is 0.775. The average Bonchev–Trinajstić information content (AvgIpc) is 2.75. The molecule has 0 amide bonds. The third kappa shape index (κ3) is 11.9. The summed E-state index contributed by atoms with van der Waals surface area (Å²) >= 11 is 0. The van der Waals surface area contributed by atoms with Gasteiger partial charge in [0.2, 0.25) is 0 Å². The van der Waals surface area contributed by atoms with E-state index in [0.717, 1.165) is 12.5 Å². The molecule has 0 aliphatic carbocycles. The maximum Gasteiger partial charge on any atom is 0.104 e. The molecule has 0 heterocycles. The zero-order chi connectivity index (χ0) is 22.1. The Morgan fingerprint density at radius 1 is 0.733 bits per heavy atom. The Labute approximate surface area is 189 Å². The van der Waals surface area contributed by atoms with Gasteiger partial charge in [0, 0.05) is 5.57 Å². The minimum atomic E-state index is 0.775. The van der Waals surface area contributed by atoms with Crippen LogP contribution in [0.1, 0.15) is 110 Å². The van der Waals surface area contributed by atoms with Crippen LogP contribution in [0.15, 0.2) is 36.9 Å². The van der Waals surface area contributed by atoms with Gasteiger partial charge < -0.3 is 4.48 Å². The Morgan fingerprint density at radius 3 is 1.73 bits per heavy atom. The van der Waals surface area contributed by atoms with Crippen LogP contribution in [0.5, 0.6) is 0 Å². The molecule has 0 bridgehead atoms. The van der Waals surface area contributed by atoms with E-state index in [-0.39, 0.29) is 0 Å². The molecule has 1 unspecified atom stereocenters. The first kappa shape index (κ1) is 27.0. The zero-order valence-electron chi connectivity index (χ0n) is 20.9. The summed E-state index contributed by atoms with van der Waals surface area (Å²) in [5, 5.41) is 0. The summed E-state index contributed by atoms with van der Waals surface area (Å²) in [6, 6.07) is 10.9. The molecule has 172 valence electrons. The summed E-state index contributed by atoms with van der Waals surface area (Å²) in [5.41, 5.74) is 2.66. The number of rotatable bonds is 19. The lowest BCUT2D eigenvalue weighted by atomic mass is 10.0. The van der Waals surface area contributed by atoms with Crippen molar-refractivity contribution in [3.8, 4) is 0 Å². The Bertz CT molecular complexity index is 533. The van der Waals surface area contributed by atoms with Crippen LogP contribution >= 0.6 is 0 Å². The number of hydrogen-bond acceptors (Lipinski definition) is 0. The fourth-order valence-electron chi connectivity index (χ4n) is 4.55. The second-order valence-corrected chi connectivity index (χ2v) is 10.0. The molecular weight excluding hydrogens is 362 g/mol. The Hall–Kier alpha value is -1.08. The van der Waals surface area contributed by atoms with Crippen molar-refractivity contribution < 1.29 is 4.48 Å². The molecule has 0 spiro atoms. The molecule has 0 fully saturated rings. The van der Waals surface area contributed by atoms with Gasteiger partial charge in [0.05, 0.1) is 19.6 Å². The monoisotopic (exact) mass is 414 g/mol. The molecule has 0 radical (unpaired) electrons. The maximum absolute atomic E-state index is 4.55. The highest BCUT2D eigenvalue weighted by molar-refractivity contribution is 5.63. The molecule has 0 N–H and O–H groups in total. The predicted octanol–water partition coefficient (Wildman–Crippen LogP) is 8.89. The number of benzene rings is 1. The third-order valence-corrected chi connectivity index (χ3v) is 6.61. The van der Waals surface area contributed by atoms with Gasteiger partial charge in [0.1, 0.15) is 6.54 Å². The minimum absolute atomic E-state index is 0.775. The highest BCUT2D eigenvalue weighted by Crippen LogP contribution is 2.24. The molecule has 0 saturated carbocycles. The fraction of sp³-hybridized carbons (Fsp3) is 0.724. The molecule has 1 aromatic carbocycles. The van der Waals surface area contributed by atoms with Crippen molar-refractivity contribution in [1.29, 1.82) is 0 Å². The van der Waals surface area contributed by atoms with Gasteiger partial charge in [-0.25, -0.2) is 0 Å². The van der Waals surface area contributed by atoms with Gasteiger partial charge in [-0.15, -0.1) is 0 Å². The topological polar surface area (TPSA) is 0 Å². The van der Waals surface area contributed by atoms with Gasteiger partial charge in [-0.05, 0) is 43.6 Å². The van der Waals surface area contributed by atoms with E-state index in [2.05, 4.69) is 64.6 Å². The van der Waals surface area contributed by atoms with E-state index in [1.54, 1.807) is 0 Å². The standard InChI is InChI=1S/C29H52N/c1-6-8-10-12-14-19-24-30(25-22-27(3)4,23-18-13-11-9-7-2)26-28(5)29-20-16-15-17-21-29/h15-17,20-21,27H,5-14,18-19,22-26H2,1-4H3/q+1. The van der Waals surface area contributed by atoms with Crippen molar-refractivity contribution in [2.75, 3.05) is 26.2 Å². The van der Waals surface area contributed by atoms with Crippen LogP contribution in [0, 0.1) is 5.92 Å². The molecule has 0 aliphatic rings. The molecule has 1 aromatic rings. The van der Waals surface area contributed by atoms with Crippen LogP contribution < -0.4 is 0 Å². The summed E-state index contributed by atoms with van der Waals surface area (Å²) in [6.45, 7) is 19.0. The van der Waals surface area contributed by atoms with Gasteiger partial charge in [-0.3, -0.25) is 0 Å². The minimum Gasteiger partial charge on any atom is -0.320 e. The normalized spacial score (nSPS) is 13.5. The van der Waals surface area contributed by atoms with Gasteiger partial charge in [0.25, 0.3) is 0 Å². The molecule has 1 atom stereocenters. The van der Waals surface area contributed by atoms with E-state index in [0.29, 0.717) is 0 Å². The third-order valence-electron chi connectivity index (χ3n) is 6.61. The average molecular weight is 415 g/mol. The highest BCUT2D eigenvalue weighted by Gasteiger charge is 2.28. The van der Waals surface area contributed by atoms with E-state index in [1.165, 1.54) is 112 Å². The van der Waals surface area contributed by atoms with Crippen LogP contribution in [0.3, 0.4) is 0 Å². The molecule has 0 saturated heterocycles. The number of hydrogen-bond donors (Lipinski definition) is 0. The lowest BCUT2D eigenvalue weighted by Gasteiger charge is -2.40. The first-order chi connectivity index (χ1) is 14.5. The zero-order valence-corrected chi connectivity index (χ0v) is 20.9. The molecule has 1 rings (SSSR count). The smallest absolute Gasteiger partial charge is 0.104 e. The van der Waals surface area contributed by atoms with Gasteiger partial charge in [0.15, 0.2) is 0 Å². The van der Waals surface area contributed by atoms with Crippen molar-refractivity contribution in [3.05, 3.63) is 42.5 Å². The van der Waals surface area contributed by atoms with E-state index in [9.17, 15) is 0 Å². The van der Waals surface area contributed by atoms with Crippen LogP contribution in [-0.2, 0) is 0 Å². The fourth-order valence-corrected chi connectivity index (χ4v) is 4.55. The molecule has 1 nitrogen and oxygen atoms in total.